The Morgan fingerprint density at radius 3 is 3.00 bits per heavy atom. The second-order valence-corrected chi connectivity index (χ2v) is 5.22. The van der Waals surface area contributed by atoms with Gasteiger partial charge in [-0.25, -0.2) is 0 Å². The van der Waals surface area contributed by atoms with Gasteiger partial charge in [0.2, 0.25) is 0 Å². The van der Waals surface area contributed by atoms with Gasteiger partial charge in [-0.2, -0.15) is 0 Å². The number of hydrogen-bond donors (Lipinski definition) is 1. The van der Waals surface area contributed by atoms with Crippen molar-refractivity contribution in [1.82, 2.24) is 10.3 Å². The van der Waals surface area contributed by atoms with Crippen LogP contribution in [0.25, 0.3) is 0 Å². The molecule has 0 fully saturated rings. The topological polar surface area (TPSA) is 24.9 Å². The zero-order valence-electron chi connectivity index (χ0n) is 11.4. The highest BCUT2D eigenvalue weighted by molar-refractivity contribution is 5.39. The summed E-state index contributed by atoms with van der Waals surface area (Å²) in [6.07, 6.45) is 5.58. The summed E-state index contributed by atoms with van der Waals surface area (Å²) in [7, 11) is 2.00. The first-order valence-corrected chi connectivity index (χ1v) is 7.06. The molecule has 0 radical (unpaired) electrons. The van der Waals surface area contributed by atoms with Crippen molar-refractivity contribution in [3.05, 3.63) is 65.0 Å². The van der Waals surface area contributed by atoms with Crippen LogP contribution in [-0.4, -0.2) is 12.0 Å². The molecule has 1 aliphatic carbocycles. The second-order valence-electron chi connectivity index (χ2n) is 5.22. The predicted octanol–water partition coefficient (Wildman–Crippen LogP) is 3.27. The highest BCUT2D eigenvalue weighted by Gasteiger charge is 2.24. The van der Waals surface area contributed by atoms with Crippen LogP contribution in [0.1, 0.15) is 41.1 Å². The number of pyridine rings is 1. The van der Waals surface area contributed by atoms with Crippen LogP contribution in [0.3, 0.4) is 0 Å². The van der Waals surface area contributed by atoms with Gasteiger partial charge in [-0.3, -0.25) is 4.98 Å². The van der Waals surface area contributed by atoms with E-state index in [-0.39, 0.29) is 0 Å². The van der Waals surface area contributed by atoms with Crippen molar-refractivity contribution >= 4 is 0 Å². The minimum Gasteiger partial charge on any atom is -0.316 e. The van der Waals surface area contributed by atoms with Gasteiger partial charge in [-0.05, 0) is 49.1 Å². The maximum absolute atomic E-state index is 4.66. The molecule has 1 atom stereocenters. The molecule has 1 aromatic heterocycles. The van der Waals surface area contributed by atoms with Gasteiger partial charge >= 0.3 is 0 Å². The van der Waals surface area contributed by atoms with Gasteiger partial charge in [0.25, 0.3) is 0 Å². The van der Waals surface area contributed by atoms with Crippen LogP contribution < -0.4 is 5.32 Å². The fourth-order valence-electron chi connectivity index (χ4n) is 3.14. The van der Waals surface area contributed by atoms with E-state index in [9.17, 15) is 0 Å². The molecule has 2 heteroatoms. The minimum absolute atomic E-state index is 0.467. The predicted molar refractivity (Wildman–Crippen MR) is 78.2 cm³/mol. The number of nitrogens with zero attached hydrogens (tertiary/aromatic N) is 1. The van der Waals surface area contributed by atoms with Gasteiger partial charge in [0, 0.05) is 18.7 Å². The Hall–Kier alpha value is -1.67. The molecule has 0 amide bonds. The van der Waals surface area contributed by atoms with Gasteiger partial charge in [0.1, 0.15) is 0 Å². The van der Waals surface area contributed by atoms with Gasteiger partial charge in [-0.1, -0.05) is 30.3 Å². The van der Waals surface area contributed by atoms with Gasteiger partial charge < -0.3 is 5.32 Å². The standard InChI is InChI=1S/C17H20N2/c1-18-12-14-6-2-3-9-15(14)16-10-4-7-13-8-5-11-19-17(13)16/h2-3,5-6,8-9,11,16,18H,4,7,10,12H2,1H3. The van der Waals surface area contributed by atoms with Crippen molar-refractivity contribution in [1.29, 1.82) is 0 Å². The molecule has 1 aliphatic rings. The van der Waals surface area contributed by atoms with E-state index >= 15 is 0 Å². The number of nitrogens with one attached hydrogen (secondary N) is 1. The lowest BCUT2D eigenvalue weighted by Crippen LogP contribution is -2.16. The molecular formula is C17H20N2. The van der Waals surface area contributed by atoms with Crippen LogP contribution in [-0.2, 0) is 13.0 Å². The molecule has 3 rings (SSSR count). The first kappa shape index (κ1) is 12.4. The number of hydrogen-bond acceptors (Lipinski definition) is 2. The average Bonchev–Trinajstić information content (AvgIpc) is 2.48. The Morgan fingerprint density at radius 2 is 2.11 bits per heavy atom. The normalized spacial score (nSPS) is 18.1. The minimum atomic E-state index is 0.467. The molecule has 0 saturated carbocycles. The smallest absolute Gasteiger partial charge is 0.0510 e. The molecule has 2 aromatic rings. The van der Waals surface area contributed by atoms with E-state index in [1.54, 1.807) is 0 Å². The van der Waals surface area contributed by atoms with E-state index in [1.807, 2.05) is 13.2 Å². The zero-order chi connectivity index (χ0) is 13.1. The third-order valence-electron chi connectivity index (χ3n) is 3.99. The van der Waals surface area contributed by atoms with Crippen LogP contribution in [0.5, 0.6) is 0 Å². The van der Waals surface area contributed by atoms with Crippen LogP contribution in [0, 0.1) is 0 Å². The lowest BCUT2D eigenvalue weighted by molar-refractivity contribution is 0.592. The largest absolute Gasteiger partial charge is 0.316 e. The molecule has 1 N–H and O–H groups in total. The van der Waals surface area contributed by atoms with Crippen molar-refractivity contribution in [3.8, 4) is 0 Å². The van der Waals surface area contributed by atoms with E-state index in [2.05, 4.69) is 46.7 Å². The molecule has 2 nitrogen and oxygen atoms in total. The summed E-state index contributed by atoms with van der Waals surface area (Å²) in [4.78, 5) is 4.66. The third kappa shape index (κ3) is 2.41. The summed E-state index contributed by atoms with van der Waals surface area (Å²) >= 11 is 0. The maximum Gasteiger partial charge on any atom is 0.0510 e. The van der Waals surface area contributed by atoms with Crippen LogP contribution >= 0.6 is 0 Å². The Bertz CT molecular complexity index is 563. The highest BCUT2D eigenvalue weighted by Crippen LogP contribution is 2.36. The molecule has 0 bridgehead atoms. The molecule has 98 valence electrons. The maximum atomic E-state index is 4.66. The summed E-state index contributed by atoms with van der Waals surface area (Å²) in [5.74, 6) is 0.467. The highest BCUT2D eigenvalue weighted by atomic mass is 14.8. The van der Waals surface area contributed by atoms with Gasteiger partial charge in [0.05, 0.1) is 5.69 Å². The Balaban J connectivity index is 2.04. The number of benzene rings is 1. The summed E-state index contributed by atoms with van der Waals surface area (Å²) in [6, 6.07) is 13.0. The third-order valence-corrected chi connectivity index (χ3v) is 3.99. The van der Waals surface area contributed by atoms with Gasteiger partial charge in [-0.15, -0.1) is 0 Å². The fourth-order valence-corrected chi connectivity index (χ4v) is 3.14. The molecule has 1 aromatic carbocycles. The fraction of sp³-hybridized carbons (Fsp3) is 0.353. The summed E-state index contributed by atoms with van der Waals surface area (Å²) in [6.45, 7) is 0.925. The number of rotatable bonds is 3. The van der Waals surface area contributed by atoms with E-state index in [4.69, 9.17) is 0 Å². The molecule has 0 saturated heterocycles. The van der Waals surface area contributed by atoms with Crippen molar-refractivity contribution in [2.75, 3.05) is 7.05 Å². The SMILES string of the molecule is CNCc1ccccc1C1CCCc2cccnc21. The summed E-state index contributed by atoms with van der Waals surface area (Å²) in [5, 5.41) is 3.27. The molecule has 1 unspecified atom stereocenters. The second kappa shape index (κ2) is 5.54. The van der Waals surface area contributed by atoms with Crippen LogP contribution in [0.4, 0.5) is 0 Å². The van der Waals surface area contributed by atoms with E-state index in [0.717, 1.165) is 6.54 Å². The first-order chi connectivity index (χ1) is 9.40. The first-order valence-electron chi connectivity index (χ1n) is 7.06. The van der Waals surface area contributed by atoms with Crippen molar-refractivity contribution < 1.29 is 0 Å². The zero-order valence-corrected chi connectivity index (χ0v) is 11.4. The Morgan fingerprint density at radius 1 is 1.21 bits per heavy atom. The molecular weight excluding hydrogens is 232 g/mol. The quantitative estimate of drug-likeness (QED) is 0.907. The van der Waals surface area contributed by atoms with Crippen LogP contribution in [0.15, 0.2) is 42.6 Å². The summed E-state index contributed by atoms with van der Waals surface area (Å²) in [5.41, 5.74) is 5.56. The Kier molecular flexibility index (Phi) is 3.60. The molecule has 0 spiro atoms. The lowest BCUT2D eigenvalue weighted by atomic mass is 9.80. The summed E-state index contributed by atoms with van der Waals surface area (Å²) < 4.78 is 0. The van der Waals surface area contributed by atoms with Crippen molar-refractivity contribution in [2.45, 2.75) is 31.7 Å². The van der Waals surface area contributed by atoms with E-state index in [1.165, 1.54) is 41.6 Å². The van der Waals surface area contributed by atoms with Crippen molar-refractivity contribution in [2.24, 2.45) is 0 Å². The molecule has 0 aliphatic heterocycles. The Labute approximate surface area is 114 Å². The lowest BCUT2D eigenvalue weighted by Gasteiger charge is -2.26. The van der Waals surface area contributed by atoms with Gasteiger partial charge in [0.15, 0.2) is 0 Å². The molecule has 1 heterocycles. The monoisotopic (exact) mass is 252 g/mol. The molecule has 19 heavy (non-hydrogen) atoms. The number of fused-ring (bicyclic) bond motifs is 1. The average molecular weight is 252 g/mol. The van der Waals surface area contributed by atoms with E-state index in [0.29, 0.717) is 5.92 Å². The van der Waals surface area contributed by atoms with E-state index < -0.39 is 0 Å². The van der Waals surface area contributed by atoms with Crippen LogP contribution in [0.2, 0.25) is 0 Å². The number of aromatic nitrogens is 1. The number of aryl methyl sites for hydroxylation is 1. The van der Waals surface area contributed by atoms with Crippen molar-refractivity contribution in [3.63, 3.8) is 0 Å².